The number of benzene rings is 2. The highest BCUT2D eigenvalue weighted by molar-refractivity contribution is 5.92. The summed E-state index contributed by atoms with van der Waals surface area (Å²) in [6.45, 7) is 0. The molecule has 0 bridgehead atoms. The van der Waals surface area contributed by atoms with Crippen LogP contribution in [0, 0.1) is 0 Å². The van der Waals surface area contributed by atoms with Crippen molar-refractivity contribution in [1.82, 2.24) is 19.6 Å². The minimum Gasteiger partial charge on any atom is -0.497 e. The van der Waals surface area contributed by atoms with E-state index in [2.05, 4.69) is 10.2 Å². The Morgan fingerprint density at radius 1 is 0.840 bits per heavy atom. The molecule has 6 nitrogen and oxygen atoms in total. The Hall–Kier alpha value is -3.28. The Bertz CT molecular complexity index is 969. The number of aryl methyl sites for hydroxylation is 1. The van der Waals surface area contributed by atoms with Crippen molar-refractivity contribution in [2.45, 2.75) is 0 Å². The second-order valence-corrected chi connectivity index (χ2v) is 5.69. The molecule has 0 amide bonds. The molecule has 0 aliphatic heterocycles. The Balaban J connectivity index is 1.82. The molecule has 2 aromatic carbocycles. The Morgan fingerprint density at radius 3 is 2.04 bits per heavy atom. The van der Waals surface area contributed by atoms with Gasteiger partial charge in [-0.05, 0) is 48.5 Å². The van der Waals surface area contributed by atoms with Gasteiger partial charge in [0.1, 0.15) is 17.2 Å². The van der Waals surface area contributed by atoms with E-state index < -0.39 is 0 Å². The zero-order valence-corrected chi connectivity index (χ0v) is 14.3. The molecule has 4 rings (SSSR count). The molecule has 0 saturated carbocycles. The maximum absolute atomic E-state index is 5.23. The lowest BCUT2D eigenvalue weighted by Crippen LogP contribution is -2.02. The van der Waals surface area contributed by atoms with Gasteiger partial charge in [0.15, 0.2) is 5.65 Å². The lowest BCUT2D eigenvalue weighted by Gasteiger charge is -2.05. The van der Waals surface area contributed by atoms with Crippen LogP contribution in [-0.4, -0.2) is 33.8 Å². The van der Waals surface area contributed by atoms with Crippen molar-refractivity contribution in [3.8, 4) is 28.4 Å². The van der Waals surface area contributed by atoms with Crippen LogP contribution >= 0.6 is 0 Å². The predicted molar refractivity (Wildman–Crippen MR) is 96.4 cm³/mol. The lowest BCUT2D eigenvalue weighted by atomic mass is 10.1. The number of fused-ring (bicyclic) bond motifs is 1. The van der Waals surface area contributed by atoms with Crippen LogP contribution in [0.2, 0.25) is 0 Å². The highest BCUT2D eigenvalue weighted by atomic mass is 16.5. The average Bonchev–Trinajstić information content (AvgIpc) is 3.23. The Morgan fingerprint density at radius 2 is 1.44 bits per heavy atom. The van der Waals surface area contributed by atoms with Crippen LogP contribution in [0.25, 0.3) is 28.0 Å². The second-order valence-electron chi connectivity index (χ2n) is 5.69. The topological polar surface area (TPSA) is 54.1 Å². The molecule has 0 fully saturated rings. The predicted octanol–water partition coefficient (Wildman–Crippen LogP) is 3.44. The van der Waals surface area contributed by atoms with E-state index >= 15 is 0 Å². The molecule has 126 valence electrons. The average molecular weight is 334 g/mol. The smallest absolute Gasteiger partial charge is 0.161 e. The van der Waals surface area contributed by atoms with Crippen molar-refractivity contribution in [1.29, 1.82) is 0 Å². The molecule has 0 saturated heterocycles. The fourth-order valence-electron chi connectivity index (χ4n) is 2.95. The number of aromatic nitrogens is 4. The first-order valence-electron chi connectivity index (χ1n) is 7.91. The summed E-state index contributed by atoms with van der Waals surface area (Å²) in [7, 11) is 5.24. The molecule has 0 radical (unpaired) electrons. The fourth-order valence-corrected chi connectivity index (χ4v) is 2.95. The summed E-state index contributed by atoms with van der Waals surface area (Å²) in [6, 6.07) is 15.7. The standard InChI is InChI=1S/C19H18N4O2/c1-22-19-17(18(21-22)13-4-8-15(24-2)9-5-13)12-20-23(19)14-6-10-16(25-3)11-7-14/h4-12H,1-3H3. The fraction of sp³-hybridized carbons (Fsp3) is 0.158. The minimum atomic E-state index is 0.816. The van der Waals surface area contributed by atoms with Crippen LogP contribution in [0.4, 0.5) is 0 Å². The van der Waals surface area contributed by atoms with E-state index in [0.717, 1.165) is 39.5 Å². The van der Waals surface area contributed by atoms with Crippen molar-refractivity contribution in [2.24, 2.45) is 7.05 Å². The van der Waals surface area contributed by atoms with Crippen molar-refractivity contribution in [3.05, 3.63) is 54.7 Å². The number of hydrogen-bond acceptors (Lipinski definition) is 4. The lowest BCUT2D eigenvalue weighted by molar-refractivity contribution is 0.414. The summed E-state index contributed by atoms with van der Waals surface area (Å²) in [5, 5.41) is 10.2. The molecule has 6 heteroatoms. The maximum atomic E-state index is 5.23. The Labute approximate surface area is 145 Å². The van der Waals surface area contributed by atoms with E-state index in [4.69, 9.17) is 9.47 Å². The van der Waals surface area contributed by atoms with Crippen molar-refractivity contribution in [2.75, 3.05) is 14.2 Å². The molecule has 0 spiro atoms. The van der Waals surface area contributed by atoms with Crippen LogP contribution in [-0.2, 0) is 7.05 Å². The summed E-state index contributed by atoms with van der Waals surface area (Å²) < 4.78 is 14.2. The number of methoxy groups -OCH3 is 2. The second kappa shape index (κ2) is 5.98. The summed E-state index contributed by atoms with van der Waals surface area (Å²) in [5.74, 6) is 1.64. The van der Waals surface area contributed by atoms with Gasteiger partial charge in [-0.1, -0.05) is 0 Å². The van der Waals surface area contributed by atoms with Crippen molar-refractivity contribution >= 4 is 11.0 Å². The molecular weight excluding hydrogens is 316 g/mol. The number of ether oxygens (including phenoxy) is 2. The number of rotatable bonds is 4. The van der Waals surface area contributed by atoms with E-state index in [9.17, 15) is 0 Å². The highest BCUT2D eigenvalue weighted by Gasteiger charge is 2.16. The zero-order valence-electron chi connectivity index (χ0n) is 14.3. The first-order valence-corrected chi connectivity index (χ1v) is 7.91. The first-order chi connectivity index (χ1) is 12.2. The van der Waals surface area contributed by atoms with Crippen LogP contribution in [0.5, 0.6) is 11.5 Å². The van der Waals surface area contributed by atoms with Gasteiger partial charge in [0.2, 0.25) is 0 Å². The number of nitrogens with zero attached hydrogens (tertiary/aromatic N) is 4. The van der Waals surface area contributed by atoms with Gasteiger partial charge in [-0.15, -0.1) is 0 Å². The third kappa shape index (κ3) is 2.52. The molecule has 2 aromatic heterocycles. The van der Waals surface area contributed by atoms with E-state index in [0.29, 0.717) is 0 Å². The van der Waals surface area contributed by atoms with Crippen LogP contribution < -0.4 is 9.47 Å². The van der Waals surface area contributed by atoms with Gasteiger partial charge in [-0.25, -0.2) is 9.36 Å². The van der Waals surface area contributed by atoms with Crippen LogP contribution in [0.1, 0.15) is 0 Å². The van der Waals surface area contributed by atoms with Crippen molar-refractivity contribution < 1.29 is 9.47 Å². The largest absolute Gasteiger partial charge is 0.497 e. The van der Waals surface area contributed by atoms with Crippen molar-refractivity contribution in [3.63, 3.8) is 0 Å². The molecule has 25 heavy (non-hydrogen) atoms. The quantitative estimate of drug-likeness (QED) is 0.574. The van der Waals surface area contributed by atoms with E-state index in [1.165, 1.54) is 0 Å². The normalized spacial score (nSPS) is 11.0. The van der Waals surface area contributed by atoms with Gasteiger partial charge in [0.25, 0.3) is 0 Å². The summed E-state index contributed by atoms with van der Waals surface area (Å²) in [4.78, 5) is 0. The highest BCUT2D eigenvalue weighted by Crippen LogP contribution is 2.30. The molecule has 0 aliphatic carbocycles. The van der Waals surface area contributed by atoms with Gasteiger partial charge in [-0.2, -0.15) is 10.2 Å². The van der Waals surface area contributed by atoms with E-state index in [-0.39, 0.29) is 0 Å². The summed E-state index contributed by atoms with van der Waals surface area (Å²) in [5.41, 5.74) is 3.83. The summed E-state index contributed by atoms with van der Waals surface area (Å²) in [6.07, 6.45) is 1.85. The molecule has 2 heterocycles. The monoisotopic (exact) mass is 334 g/mol. The van der Waals surface area contributed by atoms with Gasteiger partial charge >= 0.3 is 0 Å². The molecular formula is C19H18N4O2. The SMILES string of the molecule is COc1ccc(-c2nn(C)c3c2cnn3-c2ccc(OC)cc2)cc1. The number of hydrogen-bond donors (Lipinski definition) is 0. The zero-order chi connectivity index (χ0) is 17.4. The van der Waals surface area contributed by atoms with E-state index in [1.807, 2.05) is 71.1 Å². The third-order valence-corrected chi connectivity index (χ3v) is 4.24. The molecule has 0 N–H and O–H groups in total. The van der Waals surface area contributed by atoms with Crippen LogP contribution in [0.3, 0.4) is 0 Å². The van der Waals surface area contributed by atoms with Gasteiger partial charge in [-0.3, -0.25) is 0 Å². The molecule has 0 aliphatic rings. The third-order valence-electron chi connectivity index (χ3n) is 4.24. The van der Waals surface area contributed by atoms with Gasteiger partial charge < -0.3 is 9.47 Å². The molecule has 4 aromatic rings. The van der Waals surface area contributed by atoms with E-state index in [1.54, 1.807) is 14.2 Å². The molecule has 0 unspecified atom stereocenters. The van der Waals surface area contributed by atoms with Crippen LogP contribution in [0.15, 0.2) is 54.7 Å². The summed E-state index contributed by atoms with van der Waals surface area (Å²) >= 11 is 0. The minimum absolute atomic E-state index is 0.816. The molecule has 0 atom stereocenters. The Kier molecular flexibility index (Phi) is 3.65. The maximum Gasteiger partial charge on any atom is 0.161 e. The first kappa shape index (κ1) is 15.3. The van der Waals surface area contributed by atoms with Gasteiger partial charge in [0.05, 0.1) is 31.5 Å². The van der Waals surface area contributed by atoms with Gasteiger partial charge in [0, 0.05) is 12.6 Å².